The van der Waals surface area contributed by atoms with E-state index in [1.807, 2.05) is 0 Å². The summed E-state index contributed by atoms with van der Waals surface area (Å²) in [6.07, 6.45) is -10.00. The summed E-state index contributed by atoms with van der Waals surface area (Å²) < 4.78 is 84.2. The van der Waals surface area contributed by atoms with Crippen molar-refractivity contribution in [1.29, 1.82) is 0 Å². The number of benzene rings is 2. The molecule has 0 amide bonds. The lowest BCUT2D eigenvalue weighted by Gasteiger charge is -2.13. The first-order chi connectivity index (χ1) is 16.0. The van der Waals surface area contributed by atoms with Gasteiger partial charge in [-0.2, -0.15) is 46.4 Å². The molecule has 0 unspecified atom stereocenters. The van der Waals surface area contributed by atoms with Crippen LogP contribution < -0.4 is 10.1 Å². The van der Waals surface area contributed by atoms with Crippen LogP contribution in [0.2, 0.25) is 5.15 Å². The lowest BCUT2D eigenvalue weighted by Crippen LogP contribution is -2.11. The van der Waals surface area contributed by atoms with Crippen LogP contribution in [0.4, 0.5) is 38.1 Å². The van der Waals surface area contributed by atoms with Gasteiger partial charge in [0.2, 0.25) is 5.95 Å². The second-order valence-corrected chi connectivity index (χ2v) is 7.09. The van der Waals surface area contributed by atoms with Gasteiger partial charge in [-0.3, -0.25) is 0 Å². The number of ether oxygens (including phenoxy) is 1. The number of hydrogen-bond donors (Lipinski definition) is 2. The molecule has 4 aromatic rings. The van der Waals surface area contributed by atoms with E-state index < -0.39 is 34.9 Å². The molecule has 0 saturated heterocycles. The number of anilines is 2. The fourth-order valence-corrected chi connectivity index (χ4v) is 2.93. The second kappa shape index (κ2) is 8.82. The number of H-pyrrole nitrogens is 1. The van der Waals surface area contributed by atoms with Gasteiger partial charge in [0, 0.05) is 11.6 Å². The van der Waals surface area contributed by atoms with Crippen LogP contribution >= 0.6 is 11.6 Å². The molecule has 34 heavy (non-hydrogen) atoms. The number of nitrogens with one attached hydrogen (secondary N) is 2. The third-order valence-corrected chi connectivity index (χ3v) is 4.40. The average Bonchev–Trinajstić information content (AvgIpc) is 3.21. The smallest absolute Gasteiger partial charge is 0.416 e. The van der Waals surface area contributed by atoms with Crippen molar-refractivity contribution >= 4 is 23.4 Å². The van der Waals surface area contributed by atoms with Crippen LogP contribution in [-0.4, -0.2) is 25.1 Å². The SMILES string of the molecule is FC(F)(F)c1cc(-c2n[nH]c(Nc3cc(Cl)nc(Oc4ccccc4)n3)n2)cc(C(F)(F)F)c1. The lowest BCUT2D eigenvalue weighted by atomic mass is 10.0. The Morgan fingerprint density at radius 3 is 2.09 bits per heavy atom. The Balaban J connectivity index is 1.61. The third kappa shape index (κ3) is 5.54. The highest BCUT2D eigenvalue weighted by atomic mass is 35.5. The topological polar surface area (TPSA) is 88.6 Å². The number of nitrogens with zero attached hydrogens (tertiary/aromatic N) is 4. The molecule has 0 fully saturated rings. The molecule has 2 N–H and O–H groups in total. The summed E-state index contributed by atoms with van der Waals surface area (Å²) in [7, 11) is 0. The van der Waals surface area contributed by atoms with Crippen LogP contribution in [0.1, 0.15) is 11.1 Å². The van der Waals surface area contributed by atoms with Gasteiger partial charge in [-0.15, -0.1) is 0 Å². The van der Waals surface area contributed by atoms with E-state index in [9.17, 15) is 26.3 Å². The first kappa shape index (κ1) is 23.3. The molecule has 0 atom stereocenters. The minimum absolute atomic E-state index is 0.00383. The second-order valence-electron chi connectivity index (χ2n) is 6.70. The highest BCUT2D eigenvalue weighted by molar-refractivity contribution is 6.29. The van der Waals surface area contributed by atoms with Gasteiger partial charge in [-0.05, 0) is 30.3 Å². The Labute approximate surface area is 191 Å². The van der Waals surface area contributed by atoms with E-state index >= 15 is 0 Å². The largest absolute Gasteiger partial charge is 0.424 e. The van der Waals surface area contributed by atoms with Gasteiger partial charge in [0.25, 0.3) is 0 Å². The van der Waals surface area contributed by atoms with Gasteiger partial charge in [-0.25, -0.2) is 5.10 Å². The predicted molar refractivity (Wildman–Crippen MR) is 109 cm³/mol. The Morgan fingerprint density at radius 1 is 0.824 bits per heavy atom. The van der Waals surface area contributed by atoms with E-state index in [2.05, 4.69) is 30.5 Å². The summed E-state index contributed by atoms with van der Waals surface area (Å²) in [5.41, 5.74) is -3.45. The molecule has 14 heteroatoms. The number of alkyl halides is 6. The van der Waals surface area contributed by atoms with E-state index in [4.69, 9.17) is 16.3 Å². The van der Waals surface area contributed by atoms with Gasteiger partial charge in [0.05, 0.1) is 11.1 Å². The van der Waals surface area contributed by atoms with Crippen molar-refractivity contribution in [3.05, 3.63) is 70.9 Å². The maximum atomic E-state index is 13.1. The van der Waals surface area contributed by atoms with Crippen molar-refractivity contribution in [1.82, 2.24) is 25.1 Å². The summed E-state index contributed by atoms with van der Waals surface area (Å²) in [5, 5.41) is 8.74. The molecule has 0 radical (unpaired) electrons. The molecule has 2 aromatic carbocycles. The number of hydrogen-bond acceptors (Lipinski definition) is 6. The summed E-state index contributed by atoms with van der Waals surface area (Å²) in [4.78, 5) is 11.9. The third-order valence-electron chi connectivity index (χ3n) is 4.20. The van der Waals surface area contributed by atoms with Gasteiger partial charge < -0.3 is 10.1 Å². The Kier molecular flexibility index (Phi) is 6.04. The number of para-hydroxylation sites is 1. The molecule has 0 saturated carbocycles. The van der Waals surface area contributed by atoms with E-state index in [0.29, 0.717) is 17.9 Å². The molecule has 0 aliphatic heterocycles. The number of aromatic nitrogens is 5. The fraction of sp³-hybridized carbons (Fsp3) is 0.100. The average molecular weight is 501 g/mol. The minimum Gasteiger partial charge on any atom is -0.424 e. The molecular weight excluding hydrogens is 490 g/mol. The van der Waals surface area contributed by atoms with E-state index in [1.54, 1.807) is 30.3 Å². The molecular formula is C20H11ClF6N6O. The van der Waals surface area contributed by atoms with Crippen LogP contribution in [0.5, 0.6) is 11.8 Å². The Hall–Kier alpha value is -3.87. The first-order valence-electron chi connectivity index (χ1n) is 9.24. The molecule has 0 aliphatic carbocycles. The Morgan fingerprint density at radius 2 is 1.47 bits per heavy atom. The van der Waals surface area contributed by atoms with Crippen molar-refractivity contribution < 1.29 is 31.1 Å². The predicted octanol–water partition coefficient (Wildman–Crippen LogP) is 6.49. The van der Waals surface area contributed by atoms with Gasteiger partial charge in [0.15, 0.2) is 5.82 Å². The summed E-state index contributed by atoms with van der Waals surface area (Å²) in [5.74, 6) is -0.0160. The molecule has 0 spiro atoms. The molecule has 4 rings (SSSR count). The zero-order chi connectivity index (χ0) is 24.5. The van der Waals surface area contributed by atoms with Crippen LogP contribution in [0.15, 0.2) is 54.6 Å². The lowest BCUT2D eigenvalue weighted by molar-refractivity contribution is -0.143. The zero-order valence-corrected chi connectivity index (χ0v) is 17.3. The number of halogens is 7. The van der Waals surface area contributed by atoms with Crippen LogP contribution in [0.25, 0.3) is 11.4 Å². The van der Waals surface area contributed by atoms with Crippen molar-refractivity contribution in [3.8, 4) is 23.1 Å². The molecule has 176 valence electrons. The fourth-order valence-electron chi connectivity index (χ4n) is 2.75. The van der Waals surface area contributed by atoms with E-state index in [1.165, 1.54) is 6.07 Å². The van der Waals surface area contributed by atoms with Crippen LogP contribution in [0.3, 0.4) is 0 Å². The highest BCUT2D eigenvalue weighted by Gasteiger charge is 2.37. The molecule has 7 nitrogen and oxygen atoms in total. The van der Waals surface area contributed by atoms with Gasteiger partial charge >= 0.3 is 18.4 Å². The quantitative estimate of drug-likeness (QED) is 0.240. The maximum absolute atomic E-state index is 13.1. The van der Waals surface area contributed by atoms with Crippen molar-refractivity contribution in [2.24, 2.45) is 0 Å². The van der Waals surface area contributed by atoms with Crippen LogP contribution in [0, 0.1) is 0 Å². The van der Waals surface area contributed by atoms with Crippen molar-refractivity contribution in [3.63, 3.8) is 0 Å². The maximum Gasteiger partial charge on any atom is 0.416 e. The van der Waals surface area contributed by atoms with Crippen molar-refractivity contribution in [2.45, 2.75) is 12.4 Å². The molecule has 2 aromatic heterocycles. The highest BCUT2D eigenvalue weighted by Crippen LogP contribution is 2.38. The first-order valence-corrected chi connectivity index (χ1v) is 9.62. The summed E-state index contributed by atoms with van der Waals surface area (Å²) in [6.45, 7) is 0. The minimum atomic E-state index is -5.00. The number of rotatable bonds is 5. The van der Waals surface area contributed by atoms with Gasteiger partial charge in [-0.1, -0.05) is 29.8 Å². The standard InChI is InChI=1S/C20H11ClF6N6O/c21-14-9-15(30-18(28-14)34-13-4-2-1-3-5-13)29-17-31-16(32-33-17)10-6-11(19(22,23)24)8-12(7-10)20(25,26)27/h1-9H,(H2,28,29,30,31,32,33). The summed E-state index contributed by atoms with van der Waals surface area (Å²) in [6, 6.07) is 10.8. The van der Waals surface area contributed by atoms with Gasteiger partial charge in [0.1, 0.15) is 16.7 Å². The zero-order valence-electron chi connectivity index (χ0n) is 16.5. The molecule has 0 bridgehead atoms. The van der Waals surface area contributed by atoms with E-state index in [0.717, 1.165) is 0 Å². The summed E-state index contributed by atoms with van der Waals surface area (Å²) >= 11 is 5.97. The normalized spacial score (nSPS) is 12.0. The Bertz CT molecular complexity index is 1280. The molecule has 2 heterocycles. The van der Waals surface area contributed by atoms with E-state index in [-0.39, 0.29) is 29.0 Å². The van der Waals surface area contributed by atoms with Crippen LogP contribution in [-0.2, 0) is 12.4 Å². The number of aromatic amines is 1. The molecule has 0 aliphatic rings. The monoisotopic (exact) mass is 500 g/mol. The van der Waals surface area contributed by atoms with Crippen molar-refractivity contribution in [2.75, 3.05) is 5.32 Å².